The summed E-state index contributed by atoms with van der Waals surface area (Å²) < 4.78 is 15.9. The molecule has 0 unspecified atom stereocenters. The summed E-state index contributed by atoms with van der Waals surface area (Å²) in [7, 11) is 0. The van der Waals surface area contributed by atoms with Gasteiger partial charge in [-0.05, 0) is 30.3 Å². The molecule has 0 amide bonds. The summed E-state index contributed by atoms with van der Waals surface area (Å²) >= 11 is 5.47. The molecule has 1 heterocycles. The summed E-state index contributed by atoms with van der Waals surface area (Å²) in [6.45, 7) is 3.29. The van der Waals surface area contributed by atoms with E-state index in [4.69, 9.17) is 21.4 Å². The third-order valence-corrected chi connectivity index (χ3v) is 3.37. The van der Waals surface area contributed by atoms with Crippen molar-refractivity contribution >= 4 is 40.3 Å². The minimum atomic E-state index is -0.854. The molecule has 21 heavy (non-hydrogen) atoms. The van der Waals surface area contributed by atoms with E-state index in [1.165, 1.54) is 0 Å². The maximum atomic E-state index is 11.3. The number of fused-ring (bicyclic) bond motifs is 2. The summed E-state index contributed by atoms with van der Waals surface area (Å²) in [5.41, 5.74) is 1.35. The Balaban J connectivity index is 2.14. The molecular formula is C16H10O4S. The third kappa shape index (κ3) is 2.51. The van der Waals surface area contributed by atoms with Gasteiger partial charge in [0, 0.05) is 10.8 Å². The summed E-state index contributed by atoms with van der Waals surface area (Å²) in [6, 6.07) is 12.5. The number of carbonyl (C=O) groups is 1. The van der Waals surface area contributed by atoms with Crippen LogP contribution in [0.1, 0.15) is 0 Å². The lowest BCUT2D eigenvalue weighted by atomic mass is 10.1. The van der Waals surface area contributed by atoms with Crippen molar-refractivity contribution in [2.24, 2.45) is 0 Å². The van der Waals surface area contributed by atoms with Crippen LogP contribution in [0.4, 0.5) is 4.79 Å². The smallest absolute Gasteiger partial charge is 0.456 e. The van der Waals surface area contributed by atoms with Crippen molar-refractivity contribution in [3.8, 4) is 5.75 Å². The van der Waals surface area contributed by atoms with Crippen LogP contribution in [0.2, 0.25) is 0 Å². The maximum Gasteiger partial charge on any atom is 0.518 e. The third-order valence-electron chi connectivity index (χ3n) is 2.93. The quantitative estimate of drug-likeness (QED) is 0.220. The zero-order valence-corrected chi connectivity index (χ0v) is 11.7. The molecule has 3 aromatic rings. The van der Waals surface area contributed by atoms with Crippen LogP contribution in [0.5, 0.6) is 5.75 Å². The molecule has 5 heteroatoms. The molecule has 0 N–H and O–H groups in total. The molecule has 0 aliphatic heterocycles. The Bertz CT molecular complexity index is 911. The van der Waals surface area contributed by atoms with E-state index in [2.05, 4.69) is 11.3 Å². The van der Waals surface area contributed by atoms with E-state index in [0.29, 0.717) is 21.2 Å². The van der Waals surface area contributed by atoms with Crippen molar-refractivity contribution in [1.82, 2.24) is 0 Å². The average molecular weight is 298 g/mol. The van der Waals surface area contributed by atoms with E-state index in [1.807, 2.05) is 24.3 Å². The van der Waals surface area contributed by atoms with Gasteiger partial charge in [0.15, 0.2) is 0 Å². The molecule has 0 saturated heterocycles. The summed E-state index contributed by atoms with van der Waals surface area (Å²) in [5, 5.41) is 1.54. The molecule has 0 saturated carbocycles. The van der Waals surface area contributed by atoms with Gasteiger partial charge in [-0.1, -0.05) is 30.9 Å². The molecule has 4 nitrogen and oxygen atoms in total. The van der Waals surface area contributed by atoms with Crippen molar-refractivity contribution in [2.75, 3.05) is 0 Å². The van der Waals surface area contributed by atoms with Gasteiger partial charge in [0.2, 0.25) is 0 Å². The Morgan fingerprint density at radius 3 is 2.71 bits per heavy atom. The SMILES string of the molecule is C=COC(=O)Oc1ccc2oc3ccccc3c(=S)c2c1. The van der Waals surface area contributed by atoms with Gasteiger partial charge in [-0.15, -0.1) is 0 Å². The highest BCUT2D eigenvalue weighted by Crippen LogP contribution is 2.28. The number of hydrogen-bond acceptors (Lipinski definition) is 5. The van der Waals surface area contributed by atoms with Crippen LogP contribution >= 0.6 is 12.2 Å². The second-order valence-corrected chi connectivity index (χ2v) is 4.63. The first-order valence-corrected chi connectivity index (χ1v) is 6.55. The fourth-order valence-electron chi connectivity index (χ4n) is 2.03. The van der Waals surface area contributed by atoms with Crippen LogP contribution in [0.15, 0.2) is 59.7 Å². The van der Waals surface area contributed by atoms with E-state index in [1.54, 1.807) is 18.2 Å². The predicted molar refractivity (Wildman–Crippen MR) is 81.9 cm³/mol. The summed E-state index contributed by atoms with van der Waals surface area (Å²) in [6.07, 6.45) is 0.151. The van der Waals surface area contributed by atoms with Gasteiger partial charge in [0.1, 0.15) is 16.9 Å². The fourth-order valence-corrected chi connectivity index (χ4v) is 2.36. The van der Waals surface area contributed by atoms with Gasteiger partial charge >= 0.3 is 6.16 Å². The molecule has 0 aliphatic rings. The van der Waals surface area contributed by atoms with E-state index < -0.39 is 6.16 Å². The highest BCUT2D eigenvalue weighted by atomic mass is 32.1. The lowest BCUT2D eigenvalue weighted by Gasteiger charge is -2.05. The van der Waals surface area contributed by atoms with Crippen LogP contribution in [0.3, 0.4) is 0 Å². The largest absolute Gasteiger partial charge is 0.518 e. The minimum Gasteiger partial charge on any atom is -0.456 e. The second-order valence-electron chi connectivity index (χ2n) is 4.22. The van der Waals surface area contributed by atoms with Crippen molar-refractivity contribution in [3.63, 3.8) is 0 Å². The van der Waals surface area contributed by atoms with Gasteiger partial charge < -0.3 is 13.9 Å². The Kier molecular flexibility index (Phi) is 3.41. The molecule has 0 bridgehead atoms. The topological polar surface area (TPSA) is 48.7 Å². The Morgan fingerprint density at radius 1 is 1.14 bits per heavy atom. The zero-order valence-electron chi connectivity index (χ0n) is 10.9. The van der Waals surface area contributed by atoms with E-state index in [-0.39, 0.29) is 0 Å². The van der Waals surface area contributed by atoms with Crippen LogP contribution in [-0.2, 0) is 4.74 Å². The van der Waals surface area contributed by atoms with Crippen molar-refractivity contribution < 1.29 is 18.7 Å². The van der Waals surface area contributed by atoms with Crippen LogP contribution in [0.25, 0.3) is 21.9 Å². The molecule has 2 aromatic carbocycles. The number of carbonyl (C=O) groups excluding carboxylic acids is 1. The standard InChI is InChI=1S/C16H10O4S/c1-2-18-16(17)19-10-7-8-14-12(9-10)15(21)11-5-3-4-6-13(11)20-14/h2-9H,1H2. The van der Waals surface area contributed by atoms with Crippen LogP contribution < -0.4 is 4.74 Å². The van der Waals surface area contributed by atoms with Gasteiger partial charge in [-0.3, -0.25) is 0 Å². The van der Waals surface area contributed by atoms with Crippen molar-refractivity contribution in [3.05, 3.63) is 59.8 Å². The summed E-state index contributed by atoms with van der Waals surface area (Å²) in [4.78, 5) is 11.3. The molecule has 0 fully saturated rings. The van der Waals surface area contributed by atoms with Crippen LogP contribution in [0, 0.1) is 4.51 Å². The monoisotopic (exact) mass is 298 g/mol. The van der Waals surface area contributed by atoms with Crippen LogP contribution in [-0.4, -0.2) is 6.16 Å². The van der Waals surface area contributed by atoms with Gasteiger partial charge in [0.05, 0.1) is 10.8 Å². The molecule has 0 spiro atoms. The van der Waals surface area contributed by atoms with E-state index in [0.717, 1.165) is 17.2 Å². The molecule has 0 aliphatic carbocycles. The first-order valence-electron chi connectivity index (χ1n) is 6.14. The molecule has 104 valence electrons. The first kappa shape index (κ1) is 13.3. The van der Waals surface area contributed by atoms with Crippen molar-refractivity contribution in [2.45, 2.75) is 0 Å². The minimum absolute atomic E-state index is 0.325. The lowest BCUT2D eigenvalue weighted by molar-refractivity contribution is 0.136. The number of ether oxygens (including phenoxy) is 2. The van der Waals surface area contributed by atoms with Crippen molar-refractivity contribution in [1.29, 1.82) is 0 Å². The molecular weight excluding hydrogens is 288 g/mol. The molecule has 0 radical (unpaired) electrons. The molecule has 0 atom stereocenters. The van der Waals surface area contributed by atoms with E-state index >= 15 is 0 Å². The number of para-hydroxylation sites is 1. The maximum absolute atomic E-state index is 11.3. The van der Waals surface area contributed by atoms with Gasteiger partial charge in [0.25, 0.3) is 0 Å². The normalized spacial score (nSPS) is 10.5. The van der Waals surface area contributed by atoms with Gasteiger partial charge in [-0.2, -0.15) is 0 Å². The predicted octanol–water partition coefficient (Wildman–Crippen LogP) is 4.97. The van der Waals surface area contributed by atoms with Gasteiger partial charge in [-0.25, -0.2) is 4.79 Å². The highest BCUT2D eigenvalue weighted by molar-refractivity contribution is 7.72. The fraction of sp³-hybridized carbons (Fsp3) is 0. The Hall–Kier alpha value is -2.66. The molecule has 1 aromatic heterocycles. The Morgan fingerprint density at radius 2 is 1.90 bits per heavy atom. The second kappa shape index (κ2) is 5.38. The average Bonchev–Trinajstić information content (AvgIpc) is 2.48. The summed E-state index contributed by atoms with van der Waals surface area (Å²) in [5.74, 6) is 0.325. The zero-order chi connectivity index (χ0) is 14.8. The number of rotatable bonds is 2. The van der Waals surface area contributed by atoms with E-state index in [9.17, 15) is 4.79 Å². The highest BCUT2D eigenvalue weighted by Gasteiger charge is 2.09. The Labute approximate surface area is 125 Å². The number of hydrogen-bond donors (Lipinski definition) is 0. The molecule has 3 rings (SSSR count). The lowest BCUT2D eigenvalue weighted by Crippen LogP contribution is -2.06. The number of benzene rings is 2. The first-order chi connectivity index (χ1) is 10.2.